The Kier molecular flexibility index (Phi) is 3.72. The highest BCUT2D eigenvalue weighted by Gasteiger charge is 2.28. The predicted molar refractivity (Wildman–Crippen MR) is 76.9 cm³/mol. The van der Waals surface area contributed by atoms with E-state index in [2.05, 4.69) is 25.4 Å². The molecule has 0 aromatic carbocycles. The number of aromatic amines is 2. The number of hydrogen-bond acceptors (Lipinski definition) is 4. The lowest BCUT2D eigenvalue weighted by Crippen LogP contribution is -2.39. The monoisotopic (exact) mass is 288 g/mol. The maximum absolute atomic E-state index is 12.5. The van der Waals surface area contributed by atoms with Crippen molar-refractivity contribution in [2.24, 2.45) is 0 Å². The first-order valence-corrected chi connectivity index (χ1v) is 7.36. The molecule has 112 valence electrons. The van der Waals surface area contributed by atoms with Crippen molar-refractivity contribution in [2.45, 2.75) is 38.5 Å². The van der Waals surface area contributed by atoms with Crippen molar-refractivity contribution in [2.75, 3.05) is 13.1 Å². The zero-order chi connectivity index (χ0) is 14.8. The third-order valence-electron chi connectivity index (χ3n) is 3.91. The molecule has 0 spiro atoms. The Hall–Kier alpha value is -2.18. The van der Waals surface area contributed by atoms with Crippen LogP contribution in [0.15, 0.2) is 12.3 Å². The van der Waals surface area contributed by atoms with Crippen molar-refractivity contribution in [1.29, 1.82) is 0 Å². The average molecular weight is 288 g/mol. The van der Waals surface area contributed by atoms with Gasteiger partial charge in [-0.2, -0.15) is 5.10 Å². The molecule has 2 aromatic heterocycles. The Morgan fingerprint density at radius 2 is 2.29 bits per heavy atom. The van der Waals surface area contributed by atoms with Gasteiger partial charge in [-0.3, -0.25) is 15.0 Å². The molecule has 1 saturated heterocycles. The van der Waals surface area contributed by atoms with Gasteiger partial charge in [0.15, 0.2) is 0 Å². The zero-order valence-electron chi connectivity index (χ0n) is 12.3. The minimum atomic E-state index is -0.0950. The molecule has 21 heavy (non-hydrogen) atoms. The number of carbonyl (C=O) groups is 1. The van der Waals surface area contributed by atoms with Crippen LogP contribution in [-0.4, -0.2) is 49.3 Å². The van der Waals surface area contributed by atoms with Crippen molar-refractivity contribution in [3.63, 3.8) is 0 Å². The first-order chi connectivity index (χ1) is 10.1. The van der Waals surface area contributed by atoms with E-state index in [4.69, 9.17) is 0 Å². The number of nitrogens with zero attached hydrogens (tertiary/aromatic N) is 4. The molecule has 3 heterocycles. The second-order valence-electron chi connectivity index (χ2n) is 5.80. The summed E-state index contributed by atoms with van der Waals surface area (Å²) in [5, 5.41) is 13.9. The highest BCUT2D eigenvalue weighted by Crippen LogP contribution is 2.25. The molecule has 1 aliphatic heterocycles. The summed E-state index contributed by atoms with van der Waals surface area (Å²) in [6, 6.07) is 1.97. The summed E-state index contributed by atoms with van der Waals surface area (Å²) in [5.74, 6) is 1.47. The van der Waals surface area contributed by atoms with Gasteiger partial charge in [0.2, 0.25) is 5.82 Å². The Morgan fingerprint density at radius 1 is 1.43 bits per heavy atom. The van der Waals surface area contributed by atoms with Gasteiger partial charge in [0, 0.05) is 36.8 Å². The van der Waals surface area contributed by atoms with Gasteiger partial charge in [-0.15, -0.1) is 5.10 Å². The number of rotatable bonds is 3. The van der Waals surface area contributed by atoms with E-state index in [1.54, 1.807) is 6.20 Å². The van der Waals surface area contributed by atoms with Gasteiger partial charge >= 0.3 is 0 Å². The summed E-state index contributed by atoms with van der Waals surface area (Å²) in [6.45, 7) is 5.48. The number of H-pyrrole nitrogens is 2. The van der Waals surface area contributed by atoms with Gasteiger partial charge in [0.05, 0.1) is 0 Å². The van der Waals surface area contributed by atoms with Crippen LogP contribution in [0, 0.1) is 0 Å². The van der Waals surface area contributed by atoms with E-state index in [1.165, 1.54) is 0 Å². The summed E-state index contributed by atoms with van der Waals surface area (Å²) < 4.78 is 0. The molecule has 1 fully saturated rings. The number of likely N-dealkylation sites (tertiary alicyclic amines) is 1. The van der Waals surface area contributed by atoms with Crippen molar-refractivity contribution in [1.82, 2.24) is 30.3 Å². The van der Waals surface area contributed by atoms with E-state index in [0.717, 1.165) is 30.9 Å². The van der Waals surface area contributed by atoms with E-state index < -0.39 is 0 Å². The highest BCUT2D eigenvalue weighted by atomic mass is 16.2. The number of piperidine rings is 1. The lowest BCUT2D eigenvalue weighted by Gasteiger charge is -2.31. The summed E-state index contributed by atoms with van der Waals surface area (Å²) in [6.07, 6.45) is 3.80. The van der Waals surface area contributed by atoms with Crippen LogP contribution in [0.5, 0.6) is 0 Å². The average Bonchev–Trinajstić information content (AvgIpc) is 3.18. The molecule has 0 bridgehead atoms. The fraction of sp³-hybridized carbons (Fsp3) is 0.571. The molecule has 3 rings (SSSR count). The van der Waals surface area contributed by atoms with Crippen LogP contribution >= 0.6 is 0 Å². The van der Waals surface area contributed by atoms with Crippen LogP contribution in [0.3, 0.4) is 0 Å². The van der Waals surface area contributed by atoms with Crippen molar-refractivity contribution >= 4 is 5.91 Å². The van der Waals surface area contributed by atoms with Crippen LogP contribution in [0.1, 0.15) is 60.7 Å². The molecule has 0 radical (unpaired) electrons. The van der Waals surface area contributed by atoms with Crippen LogP contribution < -0.4 is 0 Å². The molecule has 7 heteroatoms. The third kappa shape index (κ3) is 2.81. The fourth-order valence-corrected chi connectivity index (χ4v) is 2.68. The maximum Gasteiger partial charge on any atom is 0.293 e. The number of amides is 1. The zero-order valence-corrected chi connectivity index (χ0v) is 12.3. The Labute approximate surface area is 123 Å². The SMILES string of the molecule is CC(C)c1nc(C(=O)N2CCCC(c3ccn[nH]3)C2)n[nH]1. The summed E-state index contributed by atoms with van der Waals surface area (Å²) in [5.41, 5.74) is 1.09. The molecule has 1 atom stereocenters. The molecular formula is C14H20N6O. The van der Waals surface area contributed by atoms with Crippen molar-refractivity contribution in [3.8, 4) is 0 Å². The molecule has 7 nitrogen and oxygen atoms in total. The summed E-state index contributed by atoms with van der Waals surface area (Å²) in [4.78, 5) is 18.6. The van der Waals surface area contributed by atoms with Gasteiger partial charge in [-0.1, -0.05) is 13.8 Å². The predicted octanol–water partition coefficient (Wildman–Crippen LogP) is 1.67. The van der Waals surface area contributed by atoms with E-state index in [0.29, 0.717) is 12.5 Å². The van der Waals surface area contributed by atoms with Gasteiger partial charge in [-0.05, 0) is 18.9 Å². The van der Waals surface area contributed by atoms with Gasteiger partial charge in [0.1, 0.15) is 5.82 Å². The largest absolute Gasteiger partial charge is 0.335 e. The van der Waals surface area contributed by atoms with Crippen LogP contribution in [0.4, 0.5) is 0 Å². The second-order valence-corrected chi connectivity index (χ2v) is 5.80. The quantitative estimate of drug-likeness (QED) is 0.899. The van der Waals surface area contributed by atoms with Crippen molar-refractivity contribution in [3.05, 3.63) is 29.6 Å². The number of carbonyl (C=O) groups excluding carboxylic acids is 1. The lowest BCUT2D eigenvalue weighted by molar-refractivity contribution is 0.0694. The van der Waals surface area contributed by atoms with E-state index >= 15 is 0 Å². The molecule has 1 unspecified atom stereocenters. The number of nitrogens with one attached hydrogen (secondary N) is 2. The molecule has 2 N–H and O–H groups in total. The normalized spacial score (nSPS) is 19.2. The van der Waals surface area contributed by atoms with Gasteiger partial charge < -0.3 is 4.90 Å². The molecule has 1 amide bonds. The van der Waals surface area contributed by atoms with Crippen LogP contribution in [0.25, 0.3) is 0 Å². The van der Waals surface area contributed by atoms with Gasteiger partial charge in [-0.25, -0.2) is 4.98 Å². The molecular weight excluding hydrogens is 268 g/mol. The topological polar surface area (TPSA) is 90.6 Å². The molecule has 0 saturated carbocycles. The molecule has 2 aromatic rings. The Bertz CT molecular complexity index is 603. The number of aromatic nitrogens is 5. The third-order valence-corrected chi connectivity index (χ3v) is 3.91. The first-order valence-electron chi connectivity index (χ1n) is 7.36. The second kappa shape index (κ2) is 5.67. The summed E-state index contributed by atoms with van der Waals surface area (Å²) in [7, 11) is 0. The summed E-state index contributed by atoms with van der Waals surface area (Å²) >= 11 is 0. The van der Waals surface area contributed by atoms with E-state index in [-0.39, 0.29) is 17.6 Å². The van der Waals surface area contributed by atoms with E-state index in [1.807, 2.05) is 24.8 Å². The number of hydrogen-bond donors (Lipinski definition) is 2. The molecule has 0 aliphatic carbocycles. The smallest absolute Gasteiger partial charge is 0.293 e. The highest BCUT2D eigenvalue weighted by molar-refractivity contribution is 5.90. The van der Waals surface area contributed by atoms with Crippen molar-refractivity contribution < 1.29 is 4.79 Å². The minimum absolute atomic E-state index is 0.0950. The van der Waals surface area contributed by atoms with Crippen LogP contribution in [-0.2, 0) is 0 Å². The minimum Gasteiger partial charge on any atom is -0.335 e. The molecule has 1 aliphatic rings. The fourth-order valence-electron chi connectivity index (χ4n) is 2.68. The Balaban J connectivity index is 1.71. The first kappa shape index (κ1) is 13.8. The van der Waals surface area contributed by atoms with Crippen LogP contribution in [0.2, 0.25) is 0 Å². The van der Waals surface area contributed by atoms with Gasteiger partial charge in [0.25, 0.3) is 5.91 Å². The standard InChI is InChI=1S/C14H20N6O/c1-9(2)12-16-13(19-18-12)14(21)20-7-3-4-10(8-20)11-5-6-15-17-11/h5-6,9-10H,3-4,7-8H2,1-2H3,(H,15,17)(H,16,18,19). The maximum atomic E-state index is 12.5. The Morgan fingerprint density at radius 3 is 2.95 bits per heavy atom. The lowest BCUT2D eigenvalue weighted by atomic mass is 9.95. The van der Waals surface area contributed by atoms with E-state index in [9.17, 15) is 4.79 Å².